The number of benzene rings is 4. The smallest absolute Gasteiger partial charge is 0.272 e. The molecule has 0 aliphatic carbocycles. The highest BCUT2D eigenvalue weighted by Gasteiger charge is 2.18. The van der Waals surface area contributed by atoms with Crippen molar-refractivity contribution in [2.75, 3.05) is 48.0 Å². The molecule has 11 nitrogen and oxygen atoms in total. The van der Waals surface area contributed by atoms with Crippen molar-refractivity contribution in [3.05, 3.63) is 113 Å². The van der Waals surface area contributed by atoms with Gasteiger partial charge in [0.1, 0.15) is 11.4 Å². The van der Waals surface area contributed by atoms with Crippen molar-refractivity contribution in [3.63, 3.8) is 0 Å². The summed E-state index contributed by atoms with van der Waals surface area (Å²) < 4.78 is 32.4. The number of nitrogens with one attached hydrogen (secondary N) is 2. The van der Waals surface area contributed by atoms with Crippen molar-refractivity contribution in [3.8, 4) is 34.5 Å². The summed E-state index contributed by atoms with van der Waals surface area (Å²) in [6.45, 7) is 0. The summed E-state index contributed by atoms with van der Waals surface area (Å²) >= 11 is 0. The van der Waals surface area contributed by atoms with Crippen LogP contribution in [0.3, 0.4) is 0 Å². The van der Waals surface area contributed by atoms with E-state index >= 15 is 0 Å². The van der Waals surface area contributed by atoms with Crippen LogP contribution in [0.2, 0.25) is 0 Å². The standard InChI is InChI=1S/C37H36N2O9/c1-43-30-22-32(45-3)31(44-2)21-26(30)14-17-29(40)24-12-15-27(16-13-24)38-37(42)28(39-36(41)25-10-8-7-9-11-25)18-23-19-33(46-4)35(48-6)34(20-23)47-5/h7-22H,1-6H3,(H,38,42)(H,39,41)/b17-14+,28-18-. The molecule has 0 unspecified atom stereocenters. The summed E-state index contributed by atoms with van der Waals surface area (Å²) in [5.41, 5.74) is 2.21. The average Bonchev–Trinajstić information content (AvgIpc) is 3.13. The summed E-state index contributed by atoms with van der Waals surface area (Å²) in [4.78, 5) is 39.6. The number of anilines is 1. The fourth-order valence-electron chi connectivity index (χ4n) is 4.65. The normalized spacial score (nSPS) is 11.0. The minimum absolute atomic E-state index is 0.0509. The molecule has 0 saturated heterocycles. The zero-order chi connectivity index (χ0) is 34.6. The number of carbonyl (C=O) groups is 3. The molecule has 2 amide bonds. The van der Waals surface area contributed by atoms with Gasteiger partial charge in [0.2, 0.25) is 5.75 Å². The number of ether oxygens (including phenoxy) is 6. The van der Waals surface area contributed by atoms with Crippen molar-refractivity contribution in [2.45, 2.75) is 0 Å². The number of amides is 2. The Morgan fingerprint density at radius 1 is 0.604 bits per heavy atom. The van der Waals surface area contributed by atoms with E-state index in [1.54, 1.807) is 84.9 Å². The lowest BCUT2D eigenvalue weighted by atomic mass is 10.1. The fourth-order valence-corrected chi connectivity index (χ4v) is 4.65. The molecular formula is C37H36N2O9. The SMILES string of the molecule is COc1cc(OC)c(OC)cc1/C=C/C(=O)c1ccc(NC(=O)/C(=C/c2cc(OC)c(OC)c(OC)c2)NC(=O)c2ccccc2)cc1. The van der Waals surface area contributed by atoms with Gasteiger partial charge in [0.05, 0.1) is 42.7 Å². The Morgan fingerprint density at radius 3 is 1.75 bits per heavy atom. The Morgan fingerprint density at radius 2 is 1.19 bits per heavy atom. The third kappa shape index (κ3) is 8.32. The highest BCUT2D eigenvalue weighted by atomic mass is 16.5. The molecule has 0 radical (unpaired) electrons. The Balaban J connectivity index is 1.58. The first-order valence-electron chi connectivity index (χ1n) is 14.6. The molecule has 2 N–H and O–H groups in total. The topological polar surface area (TPSA) is 131 Å². The van der Waals surface area contributed by atoms with E-state index in [2.05, 4.69) is 10.6 Å². The maximum Gasteiger partial charge on any atom is 0.272 e. The number of hydrogen-bond acceptors (Lipinski definition) is 9. The lowest BCUT2D eigenvalue weighted by Gasteiger charge is -2.14. The molecule has 4 rings (SSSR count). The van der Waals surface area contributed by atoms with Crippen molar-refractivity contribution in [1.82, 2.24) is 5.32 Å². The maximum absolute atomic E-state index is 13.6. The lowest BCUT2D eigenvalue weighted by molar-refractivity contribution is -0.113. The Hall–Kier alpha value is -6.23. The van der Waals surface area contributed by atoms with E-state index < -0.39 is 11.8 Å². The van der Waals surface area contributed by atoms with Crippen LogP contribution in [0.4, 0.5) is 5.69 Å². The van der Waals surface area contributed by atoms with Gasteiger partial charge in [0, 0.05) is 28.4 Å². The quantitative estimate of drug-likeness (QED) is 0.124. The summed E-state index contributed by atoms with van der Waals surface area (Å²) in [7, 11) is 9.01. The highest BCUT2D eigenvalue weighted by Crippen LogP contribution is 2.39. The zero-order valence-electron chi connectivity index (χ0n) is 27.4. The van der Waals surface area contributed by atoms with Crippen molar-refractivity contribution < 1.29 is 42.8 Å². The van der Waals surface area contributed by atoms with E-state index in [1.807, 2.05) is 0 Å². The summed E-state index contributed by atoms with van der Waals surface area (Å²) in [5.74, 6) is 1.25. The number of ketones is 1. The molecule has 248 valence electrons. The predicted molar refractivity (Wildman–Crippen MR) is 183 cm³/mol. The van der Waals surface area contributed by atoms with E-state index in [-0.39, 0.29) is 11.5 Å². The first kappa shape index (κ1) is 34.6. The van der Waals surface area contributed by atoms with Gasteiger partial charge >= 0.3 is 0 Å². The fraction of sp³-hybridized carbons (Fsp3) is 0.162. The maximum atomic E-state index is 13.6. The summed E-state index contributed by atoms with van der Waals surface area (Å²) in [5, 5.41) is 5.48. The van der Waals surface area contributed by atoms with Gasteiger partial charge in [-0.25, -0.2) is 0 Å². The minimum atomic E-state index is -0.604. The molecule has 0 heterocycles. The zero-order valence-corrected chi connectivity index (χ0v) is 27.4. The van der Waals surface area contributed by atoms with Gasteiger partial charge in [-0.3, -0.25) is 14.4 Å². The van der Waals surface area contributed by atoms with Crippen LogP contribution in [0.5, 0.6) is 34.5 Å². The van der Waals surface area contributed by atoms with Gasteiger partial charge in [0.15, 0.2) is 28.8 Å². The predicted octanol–water partition coefficient (Wildman–Crippen LogP) is 6.04. The average molecular weight is 653 g/mol. The molecule has 0 aliphatic heterocycles. The van der Waals surface area contributed by atoms with E-state index in [4.69, 9.17) is 28.4 Å². The third-order valence-electron chi connectivity index (χ3n) is 7.10. The van der Waals surface area contributed by atoms with Crippen LogP contribution in [0.25, 0.3) is 12.2 Å². The van der Waals surface area contributed by atoms with Crippen LogP contribution in [0.15, 0.2) is 90.6 Å². The molecule has 0 bridgehead atoms. The molecule has 0 atom stereocenters. The molecule has 11 heteroatoms. The molecule has 4 aromatic rings. The summed E-state index contributed by atoms with van der Waals surface area (Å²) in [6, 6.07) is 21.5. The van der Waals surface area contributed by atoms with Gasteiger partial charge < -0.3 is 39.1 Å². The molecule has 0 spiro atoms. The van der Waals surface area contributed by atoms with E-state index in [9.17, 15) is 14.4 Å². The Bertz CT molecular complexity index is 1810. The van der Waals surface area contributed by atoms with Crippen molar-refractivity contribution in [2.24, 2.45) is 0 Å². The van der Waals surface area contributed by atoms with Gasteiger partial charge in [-0.1, -0.05) is 18.2 Å². The van der Waals surface area contributed by atoms with Crippen molar-refractivity contribution >= 4 is 35.4 Å². The second-order valence-corrected chi connectivity index (χ2v) is 10.0. The van der Waals surface area contributed by atoms with Crippen LogP contribution in [0, 0.1) is 0 Å². The Kier molecular flexibility index (Phi) is 11.8. The van der Waals surface area contributed by atoms with Crippen LogP contribution in [-0.2, 0) is 4.79 Å². The molecule has 4 aromatic carbocycles. The van der Waals surface area contributed by atoms with Gasteiger partial charge in [-0.2, -0.15) is 0 Å². The summed E-state index contributed by atoms with van der Waals surface area (Å²) in [6.07, 6.45) is 4.52. The first-order valence-corrected chi connectivity index (χ1v) is 14.6. The highest BCUT2D eigenvalue weighted by molar-refractivity contribution is 6.11. The van der Waals surface area contributed by atoms with E-state index in [1.165, 1.54) is 54.8 Å². The monoisotopic (exact) mass is 652 g/mol. The van der Waals surface area contributed by atoms with Gasteiger partial charge in [-0.15, -0.1) is 0 Å². The molecule has 0 aliphatic rings. The van der Waals surface area contributed by atoms with Crippen LogP contribution < -0.4 is 39.1 Å². The molecular weight excluding hydrogens is 616 g/mol. The molecule has 48 heavy (non-hydrogen) atoms. The second-order valence-electron chi connectivity index (χ2n) is 10.0. The minimum Gasteiger partial charge on any atom is -0.496 e. The van der Waals surface area contributed by atoms with Gasteiger partial charge in [0.25, 0.3) is 11.8 Å². The lowest BCUT2D eigenvalue weighted by Crippen LogP contribution is -2.30. The number of carbonyl (C=O) groups excluding carboxylic acids is 3. The van der Waals surface area contributed by atoms with Crippen molar-refractivity contribution in [1.29, 1.82) is 0 Å². The van der Waals surface area contributed by atoms with E-state index in [0.717, 1.165) is 0 Å². The molecule has 0 saturated carbocycles. The molecule has 0 aromatic heterocycles. The second kappa shape index (κ2) is 16.4. The molecule has 0 fully saturated rings. The first-order chi connectivity index (χ1) is 23.2. The largest absolute Gasteiger partial charge is 0.496 e. The van der Waals surface area contributed by atoms with Crippen LogP contribution >= 0.6 is 0 Å². The van der Waals surface area contributed by atoms with Crippen LogP contribution in [-0.4, -0.2) is 60.3 Å². The van der Waals surface area contributed by atoms with E-state index in [0.29, 0.717) is 62.4 Å². The third-order valence-corrected chi connectivity index (χ3v) is 7.10. The number of rotatable bonds is 14. The number of hydrogen-bond donors (Lipinski definition) is 2. The van der Waals surface area contributed by atoms with Gasteiger partial charge in [-0.05, 0) is 78.4 Å². The number of methoxy groups -OCH3 is 6. The van der Waals surface area contributed by atoms with Crippen LogP contribution in [0.1, 0.15) is 31.8 Å². The Labute approximate surface area is 278 Å². The number of allylic oxidation sites excluding steroid dienone is 1.